The molecule has 0 radical (unpaired) electrons. The van der Waals surface area contributed by atoms with Crippen LogP contribution in [0.15, 0.2) is 36.4 Å². The average Bonchev–Trinajstić information content (AvgIpc) is 2.42. The van der Waals surface area contributed by atoms with Gasteiger partial charge >= 0.3 is 0 Å². The minimum Gasteiger partial charge on any atom is -0.397 e. The van der Waals surface area contributed by atoms with Crippen molar-refractivity contribution in [1.82, 2.24) is 0 Å². The van der Waals surface area contributed by atoms with E-state index < -0.39 is 0 Å². The van der Waals surface area contributed by atoms with E-state index in [9.17, 15) is 4.79 Å². The number of hydrogen-bond donors (Lipinski definition) is 2. The summed E-state index contributed by atoms with van der Waals surface area (Å²) in [4.78, 5) is 14.1. The van der Waals surface area contributed by atoms with E-state index in [0.717, 1.165) is 5.69 Å². The van der Waals surface area contributed by atoms with Gasteiger partial charge in [0.05, 0.1) is 22.1 Å². The van der Waals surface area contributed by atoms with Gasteiger partial charge in [0.1, 0.15) is 0 Å². The van der Waals surface area contributed by atoms with Crippen LogP contribution in [-0.4, -0.2) is 20.0 Å². The molecule has 2 aromatic rings. The zero-order valence-corrected chi connectivity index (χ0v) is 13.2. The fourth-order valence-corrected chi connectivity index (χ4v) is 2.23. The third-order valence-electron chi connectivity index (χ3n) is 2.95. The van der Waals surface area contributed by atoms with Crippen molar-refractivity contribution in [1.29, 1.82) is 0 Å². The number of nitrogens with one attached hydrogen (secondary N) is 1. The predicted octanol–water partition coefficient (Wildman–Crippen LogP) is 3.89. The molecule has 3 N–H and O–H groups in total. The van der Waals surface area contributed by atoms with Gasteiger partial charge in [-0.25, -0.2) is 0 Å². The molecule has 0 saturated heterocycles. The van der Waals surface area contributed by atoms with Gasteiger partial charge in [0, 0.05) is 24.7 Å². The summed E-state index contributed by atoms with van der Waals surface area (Å²) < 4.78 is 0. The molecule has 0 aromatic heterocycles. The summed E-state index contributed by atoms with van der Waals surface area (Å²) in [6, 6.07) is 10.0. The van der Waals surface area contributed by atoms with Gasteiger partial charge in [0.25, 0.3) is 5.91 Å². The number of benzene rings is 2. The van der Waals surface area contributed by atoms with E-state index in [4.69, 9.17) is 28.9 Å². The molecule has 0 heterocycles. The maximum Gasteiger partial charge on any atom is 0.255 e. The zero-order chi connectivity index (χ0) is 15.6. The molecule has 0 spiro atoms. The number of carbonyl (C=O) groups excluding carboxylic acids is 1. The molecule has 1 amide bonds. The molecular formula is C15H15Cl2N3O. The molecule has 0 aliphatic heterocycles. The molecule has 0 aliphatic rings. The molecule has 21 heavy (non-hydrogen) atoms. The van der Waals surface area contributed by atoms with E-state index in [1.165, 1.54) is 0 Å². The Balaban J connectivity index is 2.24. The normalized spacial score (nSPS) is 10.3. The van der Waals surface area contributed by atoms with E-state index in [1.54, 1.807) is 36.4 Å². The average molecular weight is 324 g/mol. The van der Waals surface area contributed by atoms with Crippen molar-refractivity contribution in [2.24, 2.45) is 0 Å². The molecule has 0 bridgehead atoms. The van der Waals surface area contributed by atoms with Gasteiger partial charge in [-0.15, -0.1) is 0 Å². The van der Waals surface area contributed by atoms with Crippen molar-refractivity contribution in [3.8, 4) is 0 Å². The Hall–Kier alpha value is -1.91. The molecule has 0 fully saturated rings. The topological polar surface area (TPSA) is 58.4 Å². The van der Waals surface area contributed by atoms with Gasteiger partial charge in [-0.1, -0.05) is 23.2 Å². The van der Waals surface area contributed by atoms with Gasteiger partial charge in [0.15, 0.2) is 0 Å². The third-order valence-corrected chi connectivity index (χ3v) is 3.51. The minimum absolute atomic E-state index is 0.295. The van der Waals surface area contributed by atoms with Crippen molar-refractivity contribution >= 4 is 46.2 Å². The quantitative estimate of drug-likeness (QED) is 0.842. The van der Waals surface area contributed by atoms with Crippen LogP contribution in [0.1, 0.15) is 10.4 Å². The molecule has 4 nitrogen and oxygen atoms in total. The standard InChI is InChI=1S/C15H15Cl2N3O/c1-20(2)14-6-3-9(7-12(14)18)15(21)19-13-8-10(16)4-5-11(13)17/h3-8H,18H2,1-2H3,(H,19,21). The zero-order valence-electron chi connectivity index (χ0n) is 11.7. The van der Waals surface area contributed by atoms with E-state index in [2.05, 4.69) is 5.32 Å². The summed E-state index contributed by atoms with van der Waals surface area (Å²) in [6.07, 6.45) is 0. The number of amides is 1. The van der Waals surface area contributed by atoms with Gasteiger partial charge in [-0.3, -0.25) is 4.79 Å². The molecule has 110 valence electrons. The second kappa shape index (κ2) is 6.24. The molecule has 2 rings (SSSR count). The highest BCUT2D eigenvalue weighted by Crippen LogP contribution is 2.27. The lowest BCUT2D eigenvalue weighted by Crippen LogP contribution is -2.15. The maximum atomic E-state index is 12.2. The first-order valence-corrected chi connectivity index (χ1v) is 6.97. The number of anilines is 3. The summed E-state index contributed by atoms with van der Waals surface area (Å²) in [6.45, 7) is 0. The van der Waals surface area contributed by atoms with Crippen LogP contribution in [0.25, 0.3) is 0 Å². The SMILES string of the molecule is CN(C)c1ccc(C(=O)Nc2cc(Cl)ccc2Cl)cc1N. The number of halogens is 2. The van der Waals surface area contributed by atoms with Crippen LogP contribution in [0.4, 0.5) is 17.1 Å². The van der Waals surface area contributed by atoms with E-state index in [1.807, 2.05) is 19.0 Å². The van der Waals surface area contributed by atoms with Crippen molar-refractivity contribution in [2.75, 3.05) is 30.0 Å². The first kappa shape index (κ1) is 15.5. The molecule has 0 aliphatic carbocycles. The molecular weight excluding hydrogens is 309 g/mol. The summed E-state index contributed by atoms with van der Waals surface area (Å²) in [5.74, 6) is -0.295. The molecule has 0 saturated carbocycles. The lowest BCUT2D eigenvalue weighted by molar-refractivity contribution is 0.102. The largest absolute Gasteiger partial charge is 0.397 e. The summed E-state index contributed by atoms with van der Waals surface area (Å²) in [7, 11) is 3.77. The van der Waals surface area contributed by atoms with E-state index in [0.29, 0.717) is 27.0 Å². The molecule has 6 heteroatoms. The lowest BCUT2D eigenvalue weighted by atomic mass is 10.1. The van der Waals surface area contributed by atoms with E-state index >= 15 is 0 Å². The van der Waals surface area contributed by atoms with Gasteiger partial charge in [0.2, 0.25) is 0 Å². The minimum atomic E-state index is -0.295. The molecule has 2 aromatic carbocycles. The Morgan fingerprint density at radius 2 is 1.86 bits per heavy atom. The first-order chi connectivity index (χ1) is 9.88. The predicted molar refractivity (Wildman–Crippen MR) is 89.6 cm³/mol. The highest BCUT2D eigenvalue weighted by molar-refractivity contribution is 6.35. The summed E-state index contributed by atoms with van der Waals surface area (Å²) in [5, 5.41) is 3.64. The van der Waals surface area contributed by atoms with Crippen molar-refractivity contribution in [2.45, 2.75) is 0 Å². The maximum absolute atomic E-state index is 12.2. The van der Waals surface area contributed by atoms with E-state index in [-0.39, 0.29) is 5.91 Å². The number of nitrogen functional groups attached to an aromatic ring is 1. The molecule has 0 unspecified atom stereocenters. The van der Waals surface area contributed by atoms with Crippen LogP contribution in [0.5, 0.6) is 0 Å². The van der Waals surface area contributed by atoms with Crippen LogP contribution >= 0.6 is 23.2 Å². The van der Waals surface area contributed by atoms with Crippen LogP contribution in [0.3, 0.4) is 0 Å². The van der Waals surface area contributed by atoms with Crippen LogP contribution in [0, 0.1) is 0 Å². The smallest absolute Gasteiger partial charge is 0.255 e. The lowest BCUT2D eigenvalue weighted by Gasteiger charge is -2.16. The third kappa shape index (κ3) is 3.60. The monoisotopic (exact) mass is 323 g/mol. The molecule has 0 atom stereocenters. The summed E-state index contributed by atoms with van der Waals surface area (Å²) in [5.41, 5.74) is 8.24. The Morgan fingerprint density at radius 1 is 1.14 bits per heavy atom. The van der Waals surface area contributed by atoms with Crippen LogP contribution < -0.4 is 16.0 Å². The van der Waals surface area contributed by atoms with Gasteiger partial charge in [-0.2, -0.15) is 0 Å². The van der Waals surface area contributed by atoms with Crippen molar-refractivity contribution in [3.05, 3.63) is 52.0 Å². The van der Waals surface area contributed by atoms with Crippen LogP contribution in [-0.2, 0) is 0 Å². The van der Waals surface area contributed by atoms with Crippen molar-refractivity contribution in [3.63, 3.8) is 0 Å². The fraction of sp³-hybridized carbons (Fsp3) is 0.133. The Labute approximate surface area is 133 Å². The van der Waals surface area contributed by atoms with Crippen LogP contribution in [0.2, 0.25) is 10.0 Å². The summed E-state index contributed by atoms with van der Waals surface area (Å²) >= 11 is 11.9. The number of nitrogens with zero attached hydrogens (tertiary/aromatic N) is 1. The number of nitrogens with two attached hydrogens (primary N) is 1. The highest BCUT2D eigenvalue weighted by atomic mass is 35.5. The fourth-order valence-electron chi connectivity index (χ4n) is 1.89. The van der Waals surface area contributed by atoms with Crippen molar-refractivity contribution < 1.29 is 4.79 Å². The number of hydrogen-bond acceptors (Lipinski definition) is 3. The van der Waals surface area contributed by atoms with Gasteiger partial charge < -0.3 is 16.0 Å². The first-order valence-electron chi connectivity index (χ1n) is 6.21. The van der Waals surface area contributed by atoms with Gasteiger partial charge in [-0.05, 0) is 36.4 Å². The Bertz CT molecular complexity index is 687. The number of rotatable bonds is 3. The second-order valence-electron chi connectivity index (χ2n) is 4.75. The number of carbonyl (C=O) groups is 1. The highest BCUT2D eigenvalue weighted by Gasteiger charge is 2.11. The second-order valence-corrected chi connectivity index (χ2v) is 5.59. The Morgan fingerprint density at radius 3 is 2.48 bits per heavy atom. The Kier molecular flexibility index (Phi) is 4.60.